The molecule has 0 unspecified atom stereocenters. The summed E-state index contributed by atoms with van der Waals surface area (Å²) < 4.78 is 38.5. The average Bonchev–Trinajstić information content (AvgIpc) is 2.58. The number of hydrogen-bond donors (Lipinski definition) is 3. The summed E-state index contributed by atoms with van der Waals surface area (Å²) >= 11 is 0. The summed E-state index contributed by atoms with van der Waals surface area (Å²) in [6.45, 7) is 0. The molecule has 24 heavy (non-hydrogen) atoms. The molecule has 0 radical (unpaired) electrons. The fourth-order valence-electron chi connectivity index (χ4n) is 1.77. The first-order valence-electron chi connectivity index (χ1n) is 6.56. The monoisotopic (exact) mass is 335 g/mol. The number of nitrogens with two attached hydrogens (primary N) is 1. The molecule has 0 aliphatic rings. The van der Waals surface area contributed by atoms with E-state index < -0.39 is 11.7 Å². The number of nitrogens with one attached hydrogen (secondary N) is 2. The molecular weight excluding hydrogens is 323 g/mol. The minimum Gasteiger partial charge on any atom is -0.403 e. The van der Waals surface area contributed by atoms with Gasteiger partial charge in [-0.25, -0.2) is 4.98 Å². The second-order valence-corrected chi connectivity index (χ2v) is 4.45. The van der Waals surface area contributed by atoms with Gasteiger partial charge >= 0.3 is 6.18 Å². The molecule has 0 aliphatic heterocycles. The van der Waals surface area contributed by atoms with Crippen LogP contribution >= 0.6 is 0 Å². The van der Waals surface area contributed by atoms with Gasteiger partial charge < -0.3 is 16.4 Å². The van der Waals surface area contributed by atoms with E-state index in [-0.39, 0.29) is 17.5 Å². The van der Waals surface area contributed by atoms with E-state index in [0.29, 0.717) is 17.5 Å². The fourth-order valence-corrected chi connectivity index (χ4v) is 1.77. The van der Waals surface area contributed by atoms with Crippen molar-refractivity contribution in [3.05, 3.63) is 47.5 Å². The van der Waals surface area contributed by atoms with Crippen molar-refractivity contribution in [1.29, 1.82) is 5.26 Å². The lowest BCUT2D eigenvalue weighted by Crippen LogP contribution is -2.14. The molecule has 0 atom stereocenters. The summed E-state index contributed by atoms with van der Waals surface area (Å²) in [6.07, 6.45) is -1.39. The molecule has 0 aromatic carbocycles. The third kappa shape index (κ3) is 3.70. The summed E-state index contributed by atoms with van der Waals surface area (Å²) in [7, 11) is 1.32. The Bertz CT molecular complexity index is 791. The van der Waals surface area contributed by atoms with Gasteiger partial charge in [0.1, 0.15) is 17.5 Å². The number of pyridine rings is 1. The van der Waals surface area contributed by atoms with Gasteiger partial charge in [-0.1, -0.05) is 0 Å². The smallest absolute Gasteiger partial charge is 0.403 e. The van der Waals surface area contributed by atoms with Crippen LogP contribution in [0.15, 0.2) is 30.7 Å². The maximum atomic E-state index is 12.8. The van der Waals surface area contributed by atoms with E-state index in [2.05, 4.69) is 25.6 Å². The molecule has 124 valence electrons. The van der Waals surface area contributed by atoms with Gasteiger partial charge in [0.25, 0.3) is 0 Å². The molecule has 0 bridgehead atoms. The summed E-state index contributed by atoms with van der Waals surface area (Å²) in [6, 6.07) is 4.99. The maximum absolute atomic E-state index is 12.8. The Balaban J connectivity index is 2.30. The highest BCUT2D eigenvalue weighted by atomic mass is 19.4. The van der Waals surface area contributed by atoms with Crippen molar-refractivity contribution in [3.63, 3.8) is 0 Å². The van der Waals surface area contributed by atoms with Crippen molar-refractivity contribution in [2.24, 2.45) is 5.73 Å². The Morgan fingerprint density at radius 1 is 1.29 bits per heavy atom. The molecule has 0 spiro atoms. The quantitative estimate of drug-likeness (QED) is 0.785. The highest BCUT2D eigenvalue weighted by molar-refractivity contribution is 5.72. The van der Waals surface area contributed by atoms with E-state index in [4.69, 9.17) is 11.0 Å². The second-order valence-electron chi connectivity index (χ2n) is 4.45. The Labute approximate surface area is 135 Å². The summed E-state index contributed by atoms with van der Waals surface area (Å²) in [5.41, 5.74) is 5.55. The number of nitriles is 1. The normalized spacial score (nSPS) is 11.7. The van der Waals surface area contributed by atoms with Crippen LogP contribution in [0.3, 0.4) is 0 Å². The van der Waals surface area contributed by atoms with Crippen molar-refractivity contribution in [3.8, 4) is 6.07 Å². The van der Waals surface area contributed by atoms with Crippen LogP contribution in [0.1, 0.15) is 16.8 Å². The van der Waals surface area contributed by atoms with Crippen LogP contribution < -0.4 is 16.4 Å². The van der Waals surface area contributed by atoms with Gasteiger partial charge in [0.2, 0.25) is 5.95 Å². The number of rotatable bonds is 4. The molecule has 2 heterocycles. The van der Waals surface area contributed by atoms with Crippen LogP contribution in [-0.4, -0.2) is 22.0 Å². The van der Waals surface area contributed by atoms with Crippen LogP contribution in [0, 0.1) is 11.3 Å². The van der Waals surface area contributed by atoms with Gasteiger partial charge in [-0.2, -0.15) is 23.4 Å². The highest BCUT2D eigenvalue weighted by Gasteiger charge is 2.35. The van der Waals surface area contributed by atoms with E-state index in [9.17, 15) is 13.2 Å². The first-order valence-corrected chi connectivity index (χ1v) is 6.56. The van der Waals surface area contributed by atoms with Crippen molar-refractivity contribution in [2.75, 3.05) is 17.7 Å². The summed E-state index contributed by atoms with van der Waals surface area (Å²) in [5.74, 6) is -0.459. The molecule has 0 saturated heterocycles. The molecule has 4 N–H and O–H groups in total. The van der Waals surface area contributed by atoms with Crippen LogP contribution in [0.2, 0.25) is 0 Å². The molecule has 0 fully saturated rings. The Kier molecular flexibility index (Phi) is 4.84. The number of anilines is 2. The Hall–Kier alpha value is -3.35. The standard InChI is InChI=1S/C14H12F3N7/c1-20-12-9(14(15,16)17)7-22-13(24-12)23-11(5-19)10-3-2-8(4-18)6-21-10/h2-3,5-7H,19H2,1H3,(H2,20,22,23,24). The van der Waals surface area contributed by atoms with Gasteiger partial charge in [0.15, 0.2) is 0 Å². The van der Waals surface area contributed by atoms with E-state index in [1.54, 1.807) is 0 Å². The number of halogens is 3. The van der Waals surface area contributed by atoms with Gasteiger partial charge in [-0.3, -0.25) is 4.98 Å². The largest absolute Gasteiger partial charge is 0.421 e. The third-order valence-corrected chi connectivity index (χ3v) is 2.91. The molecule has 7 nitrogen and oxygen atoms in total. The van der Waals surface area contributed by atoms with Crippen LogP contribution in [0.4, 0.5) is 24.9 Å². The topological polar surface area (TPSA) is 113 Å². The lowest BCUT2D eigenvalue weighted by atomic mass is 10.2. The van der Waals surface area contributed by atoms with Crippen molar-refractivity contribution < 1.29 is 13.2 Å². The molecule has 2 aromatic heterocycles. The Morgan fingerprint density at radius 3 is 2.54 bits per heavy atom. The first-order chi connectivity index (χ1) is 11.4. The number of nitrogens with zero attached hydrogens (tertiary/aromatic N) is 4. The van der Waals surface area contributed by atoms with E-state index in [1.807, 2.05) is 6.07 Å². The predicted molar refractivity (Wildman–Crippen MR) is 81.3 cm³/mol. The molecule has 2 rings (SSSR count). The number of alkyl halides is 3. The number of hydrogen-bond acceptors (Lipinski definition) is 7. The molecule has 0 aliphatic carbocycles. The van der Waals surface area contributed by atoms with Gasteiger partial charge in [-0.05, 0) is 12.1 Å². The summed E-state index contributed by atoms with van der Waals surface area (Å²) in [5, 5.41) is 13.8. The van der Waals surface area contributed by atoms with E-state index >= 15 is 0 Å². The predicted octanol–water partition coefficient (Wildman–Crippen LogP) is 2.17. The number of aromatic nitrogens is 3. The van der Waals surface area contributed by atoms with Gasteiger partial charge in [0, 0.05) is 25.6 Å². The van der Waals surface area contributed by atoms with Crippen LogP contribution in [0.5, 0.6) is 0 Å². The molecular formula is C14H12F3N7. The Morgan fingerprint density at radius 2 is 2.04 bits per heavy atom. The fraction of sp³-hybridized carbons (Fsp3) is 0.143. The summed E-state index contributed by atoms with van der Waals surface area (Å²) in [4.78, 5) is 11.4. The van der Waals surface area contributed by atoms with Gasteiger partial charge in [0.05, 0.1) is 17.0 Å². The molecule has 2 aromatic rings. The highest BCUT2D eigenvalue weighted by Crippen LogP contribution is 2.33. The van der Waals surface area contributed by atoms with E-state index in [1.165, 1.54) is 31.6 Å². The zero-order valence-electron chi connectivity index (χ0n) is 12.4. The van der Waals surface area contributed by atoms with Crippen LogP contribution in [-0.2, 0) is 6.18 Å². The van der Waals surface area contributed by atoms with Crippen molar-refractivity contribution in [1.82, 2.24) is 15.0 Å². The molecule has 0 amide bonds. The lowest BCUT2D eigenvalue weighted by molar-refractivity contribution is -0.137. The molecule has 0 saturated carbocycles. The second kappa shape index (κ2) is 6.82. The third-order valence-electron chi connectivity index (χ3n) is 2.91. The SMILES string of the molecule is CNc1nc(NC(=CN)c2ccc(C#N)cn2)ncc1C(F)(F)F. The van der Waals surface area contributed by atoms with Crippen molar-refractivity contribution in [2.45, 2.75) is 6.18 Å². The zero-order valence-corrected chi connectivity index (χ0v) is 12.4. The molecule has 10 heteroatoms. The maximum Gasteiger partial charge on any atom is 0.421 e. The van der Waals surface area contributed by atoms with Gasteiger partial charge in [-0.15, -0.1) is 0 Å². The van der Waals surface area contributed by atoms with Crippen molar-refractivity contribution >= 4 is 17.5 Å². The minimum absolute atomic E-state index is 0.0878. The lowest BCUT2D eigenvalue weighted by Gasteiger charge is -2.13. The first kappa shape index (κ1) is 17.0. The average molecular weight is 335 g/mol. The zero-order chi connectivity index (χ0) is 17.7. The van der Waals surface area contributed by atoms with Crippen LogP contribution in [0.25, 0.3) is 5.70 Å². The minimum atomic E-state index is -4.57. The van der Waals surface area contributed by atoms with E-state index in [0.717, 1.165) is 0 Å².